The van der Waals surface area contributed by atoms with E-state index >= 15 is 0 Å². The SMILES string of the molecule is Cc1nc(C(=O)N(C)C)ccc1C(=O)Nc1ccc(Oc2ncc(Cl)cc2Cl)cc1. The van der Waals surface area contributed by atoms with Crippen molar-refractivity contribution in [3.05, 3.63) is 75.7 Å². The predicted molar refractivity (Wildman–Crippen MR) is 116 cm³/mol. The van der Waals surface area contributed by atoms with Gasteiger partial charge < -0.3 is 15.0 Å². The molecule has 154 valence electrons. The first-order valence-electron chi connectivity index (χ1n) is 8.84. The molecule has 0 atom stereocenters. The summed E-state index contributed by atoms with van der Waals surface area (Å²) in [6, 6.07) is 11.4. The highest BCUT2D eigenvalue weighted by Gasteiger charge is 2.15. The molecule has 0 unspecified atom stereocenters. The Morgan fingerprint density at radius 1 is 1.07 bits per heavy atom. The predicted octanol–water partition coefficient (Wildman–Crippen LogP) is 4.84. The highest BCUT2D eigenvalue weighted by Crippen LogP contribution is 2.29. The summed E-state index contributed by atoms with van der Waals surface area (Å²) in [6.07, 6.45) is 1.44. The van der Waals surface area contributed by atoms with Crippen LogP contribution in [0.4, 0.5) is 5.69 Å². The third-order valence-electron chi connectivity index (χ3n) is 4.06. The second kappa shape index (κ2) is 9.11. The molecule has 9 heteroatoms. The molecular weight excluding hydrogens is 427 g/mol. The average molecular weight is 445 g/mol. The van der Waals surface area contributed by atoms with Crippen LogP contribution in [0.15, 0.2) is 48.7 Å². The molecule has 0 aliphatic rings. The Labute approximate surface area is 183 Å². The van der Waals surface area contributed by atoms with Gasteiger partial charge in [-0.25, -0.2) is 9.97 Å². The van der Waals surface area contributed by atoms with Gasteiger partial charge in [0.05, 0.1) is 16.3 Å². The lowest BCUT2D eigenvalue weighted by Gasteiger charge is -2.12. The molecule has 0 fully saturated rings. The van der Waals surface area contributed by atoms with Crippen molar-refractivity contribution in [3.8, 4) is 11.6 Å². The fraction of sp³-hybridized carbons (Fsp3) is 0.143. The van der Waals surface area contributed by atoms with Crippen LogP contribution < -0.4 is 10.1 Å². The summed E-state index contributed by atoms with van der Waals surface area (Å²) in [5.41, 5.74) is 1.69. The van der Waals surface area contributed by atoms with Crippen molar-refractivity contribution in [2.75, 3.05) is 19.4 Å². The van der Waals surface area contributed by atoms with Crippen LogP contribution in [0.3, 0.4) is 0 Å². The molecule has 3 rings (SSSR count). The zero-order valence-electron chi connectivity index (χ0n) is 16.4. The van der Waals surface area contributed by atoms with Gasteiger partial charge in [-0.15, -0.1) is 0 Å². The summed E-state index contributed by atoms with van der Waals surface area (Å²) >= 11 is 11.9. The second-order valence-corrected chi connectivity index (χ2v) is 7.39. The van der Waals surface area contributed by atoms with Crippen LogP contribution in [0.25, 0.3) is 0 Å². The van der Waals surface area contributed by atoms with E-state index in [1.54, 1.807) is 51.4 Å². The van der Waals surface area contributed by atoms with Crippen LogP contribution >= 0.6 is 23.2 Å². The summed E-state index contributed by atoms with van der Waals surface area (Å²) in [7, 11) is 3.29. The first-order chi connectivity index (χ1) is 14.2. The molecule has 2 aromatic heterocycles. The van der Waals surface area contributed by atoms with Crippen molar-refractivity contribution < 1.29 is 14.3 Å². The van der Waals surface area contributed by atoms with Gasteiger partial charge in [-0.3, -0.25) is 9.59 Å². The Bertz CT molecular complexity index is 1100. The molecule has 0 aliphatic carbocycles. The quantitative estimate of drug-likeness (QED) is 0.608. The zero-order chi connectivity index (χ0) is 21.8. The van der Waals surface area contributed by atoms with Gasteiger partial charge in [0.15, 0.2) is 0 Å². The summed E-state index contributed by atoms with van der Waals surface area (Å²) < 4.78 is 5.62. The number of aromatic nitrogens is 2. The van der Waals surface area contributed by atoms with Gasteiger partial charge in [0, 0.05) is 26.0 Å². The van der Waals surface area contributed by atoms with E-state index in [2.05, 4.69) is 15.3 Å². The fourth-order valence-corrected chi connectivity index (χ4v) is 2.96. The number of benzene rings is 1. The van der Waals surface area contributed by atoms with Gasteiger partial charge in [0.2, 0.25) is 5.88 Å². The molecule has 7 nitrogen and oxygen atoms in total. The minimum atomic E-state index is -0.333. The molecule has 0 saturated carbocycles. The van der Waals surface area contributed by atoms with Crippen molar-refractivity contribution in [2.24, 2.45) is 0 Å². The summed E-state index contributed by atoms with van der Waals surface area (Å²) in [5, 5.41) is 3.49. The number of rotatable bonds is 5. The summed E-state index contributed by atoms with van der Waals surface area (Å²) in [4.78, 5) is 34.3. The Morgan fingerprint density at radius 2 is 1.77 bits per heavy atom. The molecule has 1 aromatic carbocycles. The Kier molecular flexibility index (Phi) is 6.54. The molecule has 0 saturated heterocycles. The molecule has 0 bridgehead atoms. The third-order valence-corrected chi connectivity index (χ3v) is 4.53. The molecule has 2 heterocycles. The van der Waals surface area contributed by atoms with Gasteiger partial charge in [0.1, 0.15) is 16.5 Å². The minimum Gasteiger partial charge on any atom is -0.438 e. The Balaban J connectivity index is 1.69. The topological polar surface area (TPSA) is 84.4 Å². The normalized spacial score (nSPS) is 10.4. The lowest BCUT2D eigenvalue weighted by molar-refractivity contribution is 0.0821. The lowest BCUT2D eigenvalue weighted by Crippen LogP contribution is -2.23. The summed E-state index contributed by atoms with van der Waals surface area (Å²) in [6.45, 7) is 1.68. The monoisotopic (exact) mass is 444 g/mol. The molecule has 0 radical (unpaired) electrons. The highest BCUT2D eigenvalue weighted by molar-refractivity contribution is 6.35. The van der Waals surface area contributed by atoms with Crippen LogP contribution in [0.5, 0.6) is 11.6 Å². The zero-order valence-corrected chi connectivity index (χ0v) is 18.0. The molecule has 0 spiro atoms. The third kappa shape index (κ3) is 5.06. The maximum Gasteiger partial charge on any atom is 0.271 e. The number of amides is 2. The van der Waals surface area contributed by atoms with E-state index in [0.29, 0.717) is 32.7 Å². The van der Waals surface area contributed by atoms with E-state index in [4.69, 9.17) is 27.9 Å². The number of aryl methyl sites for hydroxylation is 1. The number of anilines is 1. The van der Waals surface area contributed by atoms with E-state index in [1.165, 1.54) is 23.2 Å². The molecular formula is C21H18Cl2N4O3. The molecule has 0 aliphatic heterocycles. The second-order valence-electron chi connectivity index (χ2n) is 6.55. The number of hydrogen-bond donors (Lipinski definition) is 1. The largest absolute Gasteiger partial charge is 0.438 e. The maximum atomic E-state index is 12.6. The van der Waals surface area contributed by atoms with E-state index in [-0.39, 0.29) is 23.4 Å². The number of ether oxygens (including phenoxy) is 1. The Morgan fingerprint density at radius 3 is 2.37 bits per heavy atom. The summed E-state index contributed by atoms with van der Waals surface area (Å²) in [5.74, 6) is 0.164. The minimum absolute atomic E-state index is 0.226. The van der Waals surface area contributed by atoms with Crippen molar-refractivity contribution >= 4 is 40.7 Å². The molecule has 3 aromatic rings. The van der Waals surface area contributed by atoms with Crippen LogP contribution in [0.2, 0.25) is 10.0 Å². The number of hydrogen-bond acceptors (Lipinski definition) is 5. The number of carbonyl (C=O) groups excluding carboxylic acids is 2. The van der Waals surface area contributed by atoms with Crippen LogP contribution in [-0.4, -0.2) is 40.8 Å². The Hall–Kier alpha value is -3.16. The number of nitrogens with one attached hydrogen (secondary N) is 1. The molecule has 30 heavy (non-hydrogen) atoms. The van der Waals surface area contributed by atoms with Crippen LogP contribution in [-0.2, 0) is 0 Å². The number of pyridine rings is 2. The average Bonchev–Trinajstić information content (AvgIpc) is 2.70. The highest BCUT2D eigenvalue weighted by atomic mass is 35.5. The number of halogens is 2. The van der Waals surface area contributed by atoms with Gasteiger partial charge >= 0.3 is 0 Å². The maximum absolute atomic E-state index is 12.6. The number of nitrogens with zero attached hydrogens (tertiary/aromatic N) is 3. The lowest BCUT2D eigenvalue weighted by atomic mass is 10.1. The number of carbonyl (C=O) groups is 2. The first kappa shape index (κ1) is 21.5. The van der Waals surface area contributed by atoms with Crippen molar-refractivity contribution in [2.45, 2.75) is 6.92 Å². The molecule has 2 amide bonds. The van der Waals surface area contributed by atoms with Gasteiger partial charge in [0.25, 0.3) is 11.8 Å². The van der Waals surface area contributed by atoms with Crippen molar-refractivity contribution in [1.29, 1.82) is 0 Å². The van der Waals surface area contributed by atoms with Crippen LogP contribution in [0, 0.1) is 6.92 Å². The van der Waals surface area contributed by atoms with Gasteiger partial charge in [-0.05, 0) is 49.4 Å². The van der Waals surface area contributed by atoms with Crippen molar-refractivity contribution in [1.82, 2.24) is 14.9 Å². The van der Waals surface area contributed by atoms with E-state index in [9.17, 15) is 9.59 Å². The van der Waals surface area contributed by atoms with E-state index in [1.807, 2.05) is 0 Å². The first-order valence-corrected chi connectivity index (χ1v) is 9.60. The van der Waals surface area contributed by atoms with Crippen molar-refractivity contribution in [3.63, 3.8) is 0 Å². The molecule has 1 N–H and O–H groups in total. The standard InChI is InChI=1S/C21H18Cl2N4O3/c1-12-16(8-9-18(25-12)21(29)27(2)3)19(28)26-14-4-6-15(7-5-14)30-20-17(23)10-13(22)11-24-20/h4-11H,1-3H3,(H,26,28). The fourth-order valence-electron chi connectivity index (χ4n) is 2.54. The smallest absolute Gasteiger partial charge is 0.271 e. The van der Waals surface area contributed by atoms with Gasteiger partial charge in [-0.1, -0.05) is 23.2 Å². The van der Waals surface area contributed by atoms with E-state index in [0.717, 1.165) is 0 Å². The van der Waals surface area contributed by atoms with E-state index < -0.39 is 0 Å². The van der Waals surface area contributed by atoms with Gasteiger partial charge in [-0.2, -0.15) is 0 Å². The van der Waals surface area contributed by atoms with Crippen LogP contribution in [0.1, 0.15) is 26.5 Å².